The van der Waals surface area contributed by atoms with Crippen LogP contribution in [0.5, 0.6) is 0 Å². The van der Waals surface area contributed by atoms with Crippen LogP contribution >= 0.6 is 0 Å². The molecule has 0 aromatic carbocycles. The zero-order valence-corrected chi connectivity index (χ0v) is 11.6. The summed E-state index contributed by atoms with van der Waals surface area (Å²) in [5.74, 6) is -1.29. The molecule has 108 valence electrons. The smallest absolute Gasteiger partial charge is 0.245 e. The third kappa shape index (κ3) is 3.13. The highest BCUT2D eigenvalue weighted by molar-refractivity contribution is 7.89. The van der Waals surface area contributed by atoms with Crippen LogP contribution in [-0.2, 0) is 24.3 Å². The fourth-order valence-corrected chi connectivity index (χ4v) is 4.30. The molecule has 0 radical (unpaired) electrons. The predicted octanol–water partition coefficient (Wildman–Crippen LogP) is -0.768. The summed E-state index contributed by atoms with van der Waals surface area (Å²) < 4.78 is 31.0. The van der Waals surface area contributed by atoms with E-state index in [2.05, 4.69) is 5.32 Å². The van der Waals surface area contributed by atoms with Crippen molar-refractivity contribution >= 4 is 21.8 Å². The Bertz CT molecular complexity index is 469. The Morgan fingerprint density at radius 1 is 1.42 bits per heavy atom. The molecule has 0 saturated carbocycles. The molecule has 19 heavy (non-hydrogen) atoms. The van der Waals surface area contributed by atoms with Crippen LogP contribution in [0.2, 0.25) is 0 Å². The van der Waals surface area contributed by atoms with E-state index in [4.69, 9.17) is 4.74 Å². The standard InChI is InChI=1S/C11H18N2O5S/c1-2-9-11(15)12-10(14)6-13(9)19(16,17)7-8-4-3-5-18-8/h8-9H,2-7H2,1H3,(H,12,14,15). The van der Waals surface area contributed by atoms with Crippen molar-refractivity contribution in [2.75, 3.05) is 18.9 Å². The van der Waals surface area contributed by atoms with Gasteiger partial charge in [-0.25, -0.2) is 8.42 Å². The second-order valence-electron chi connectivity index (χ2n) is 4.80. The monoisotopic (exact) mass is 290 g/mol. The van der Waals surface area contributed by atoms with Crippen molar-refractivity contribution in [3.05, 3.63) is 0 Å². The highest BCUT2D eigenvalue weighted by Gasteiger charge is 2.40. The van der Waals surface area contributed by atoms with Crippen molar-refractivity contribution in [1.29, 1.82) is 0 Å². The van der Waals surface area contributed by atoms with Gasteiger partial charge in [-0.05, 0) is 19.3 Å². The van der Waals surface area contributed by atoms with Crippen molar-refractivity contribution < 1.29 is 22.7 Å². The largest absolute Gasteiger partial charge is 0.377 e. The number of carbonyl (C=O) groups is 2. The quantitative estimate of drug-likeness (QED) is 0.686. The lowest BCUT2D eigenvalue weighted by Crippen LogP contribution is -2.60. The molecule has 2 amide bonds. The van der Waals surface area contributed by atoms with Gasteiger partial charge in [0.1, 0.15) is 6.04 Å². The van der Waals surface area contributed by atoms with Gasteiger partial charge < -0.3 is 4.74 Å². The van der Waals surface area contributed by atoms with Crippen molar-refractivity contribution in [3.63, 3.8) is 0 Å². The molecule has 2 aliphatic heterocycles. The molecule has 2 aliphatic rings. The van der Waals surface area contributed by atoms with E-state index in [0.29, 0.717) is 19.4 Å². The van der Waals surface area contributed by atoms with Gasteiger partial charge in [-0.3, -0.25) is 14.9 Å². The first kappa shape index (κ1) is 14.4. The number of ether oxygens (including phenoxy) is 1. The van der Waals surface area contributed by atoms with Crippen LogP contribution in [0.25, 0.3) is 0 Å². The molecule has 0 aromatic rings. The van der Waals surface area contributed by atoms with E-state index in [-0.39, 0.29) is 18.4 Å². The van der Waals surface area contributed by atoms with Crippen LogP contribution in [-0.4, -0.2) is 55.6 Å². The van der Waals surface area contributed by atoms with Crippen LogP contribution in [0, 0.1) is 0 Å². The minimum absolute atomic E-state index is 0.163. The van der Waals surface area contributed by atoms with Crippen LogP contribution in [0.15, 0.2) is 0 Å². The van der Waals surface area contributed by atoms with Crippen LogP contribution < -0.4 is 5.32 Å². The Morgan fingerprint density at radius 2 is 2.16 bits per heavy atom. The Kier molecular flexibility index (Phi) is 4.22. The molecule has 2 fully saturated rings. The first-order valence-electron chi connectivity index (χ1n) is 6.39. The van der Waals surface area contributed by atoms with Crippen molar-refractivity contribution in [3.8, 4) is 0 Å². The summed E-state index contributed by atoms with van der Waals surface area (Å²) in [5.41, 5.74) is 0. The van der Waals surface area contributed by atoms with Crippen molar-refractivity contribution in [2.24, 2.45) is 0 Å². The number of amides is 2. The Hall–Kier alpha value is -0.990. The SMILES string of the molecule is CCC1C(=O)NC(=O)CN1S(=O)(=O)CC1CCCO1. The first-order valence-corrected chi connectivity index (χ1v) is 7.99. The third-order valence-electron chi connectivity index (χ3n) is 3.38. The maximum atomic E-state index is 12.3. The van der Waals surface area contributed by atoms with Crippen LogP contribution in [0.1, 0.15) is 26.2 Å². The predicted molar refractivity (Wildman–Crippen MR) is 66.7 cm³/mol. The molecule has 2 rings (SSSR count). The second kappa shape index (κ2) is 5.56. The van der Waals surface area contributed by atoms with Gasteiger partial charge in [-0.1, -0.05) is 6.92 Å². The average Bonchev–Trinajstić information content (AvgIpc) is 2.80. The normalized spacial score (nSPS) is 29.5. The van der Waals surface area contributed by atoms with Gasteiger partial charge >= 0.3 is 0 Å². The summed E-state index contributed by atoms with van der Waals surface area (Å²) in [6.07, 6.45) is 1.55. The van der Waals surface area contributed by atoms with Gasteiger partial charge in [0.05, 0.1) is 18.4 Å². The zero-order valence-electron chi connectivity index (χ0n) is 10.8. The summed E-state index contributed by atoms with van der Waals surface area (Å²) in [6.45, 7) is 1.99. The first-order chi connectivity index (χ1) is 8.94. The van der Waals surface area contributed by atoms with E-state index in [1.54, 1.807) is 6.92 Å². The number of nitrogens with one attached hydrogen (secondary N) is 1. The van der Waals surface area contributed by atoms with Gasteiger partial charge in [-0.2, -0.15) is 4.31 Å². The number of nitrogens with zero attached hydrogens (tertiary/aromatic N) is 1. The summed E-state index contributed by atoms with van der Waals surface area (Å²) in [7, 11) is -3.67. The number of sulfonamides is 1. The fraction of sp³-hybridized carbons (Fsp3) is 0.818. The highest BCUT2D eigenvalue weighted by Crippen LogP contribution is 2.20. The van der Waals surface area contributed by atoms with Crippen LogP contribution in [0.3, 0.4) is 0 Å². The van der Waals surface area contributed by atoms with Gasteiger partial charge in [0.15, 0.2) is 0 Å². The van der Waals surface area contributed by atoms with E-state index in [9.17, 15) is 18.0 Å². The maximum absolute atomic E-state index is 12.3. The molecule has 2 unspecified atom stereocenters. The van der Waals surface area contributed by atoms with Gasteiger partial charge in [0.25, 0.3) is 0 Å². The number of hydrogen-bond donors (Lipinski definition) is 1. The molecule has 2 atom stereocenters. The molecule has 2 saturated heterocycles. The topological polar surface area (TPSA) is 92.8 Å². The van der Waals surface area contributed by atoms with Gasteiger partial charge in [-0.15, -0.1) is 0 Å². The number of hydrogen-bond acceptors (Lipinski definition) is 5. The number of imide groups is 1. The number of carbonyl (C=O) groups excluding carboxylic acids is 2. The molecule has 0 aromatic heterocycles. The molecule has 0 aliphatic carbocycles. The van der Waals surface area contributed by atoms with E-state index < -0.39 is 27.9 Å². The van der Waals surface area contributed by atoms with E-state index in [1.807, 2.05) is 0 Å². The lowest BCUT2D eigenvalue weighted by molar-refractivity contribution is -0.137. The Morgan fingerprint density at radius 3 is 2.74 bits per heavy atom. The highest BCUT2D eigenvalue weighted by atomic mass is 32.2. The summed E-state index contributed by atoms with van der Waals surface area (Å²) >= 11 is 0. The third-order valence-corrected chi connectivity index (χ3v) is 5.27. The molecule has 1 N–H and O–H groups in total. The van der Waals surface area contributed by atoms with Crippen LogP contribution in [0.4, 0.5) is 0 Å². The molecule has 0 spiro atoms. The molecule has 2 heterocycles. The van der Waals surface area contributed by atoms with Gasteiger partial charge in [0.2, 0.25) is 21.8 Å². The molecular formula is C11H18N2O5S. The summed E-state index contributed by atoms with van der Waals surface area (Å²) in [5, 5.41) is 2.16. The minimum Gasteiger partial charge on any atom is -0.377 e. The molecular weight excluding hydrogens is 272 g/mol. The molecule has 0 bridgehead atoms. The molecule has 7 nitrogen and oxygen atoms in total. The Balaban J connectivity index is 2.16. The van der Waals surface area contributed by atoms with Crippen molar-refractivity contribution in [2.45, 2.75) is 38.3 Å². The fourth-order valence-electron chi connectivity index (χ4n) is 2.43. The van der Waals surface area contributed by atoms with Gasteiger partial charge in [0, 0.05) is 6.61 Å². The summed E-state index contributed by atoms with van der Waals surface area (Å²) in [4.78, 5) is 23.0. The van der Waals surface area contributed by atoms with E-state index in [1.165, 1.54) is 0 Å². The van der Waals surface area contributed by atoms with E-state index in [0.717, 1.165) is 10.7 Å². The number of piperazine rings is 1. The number of rotatable bonds is 4. The van der Waals surface area contributed by atoms with E-state index >= 15 is 0 Å². The minimum atomic E-state index is -3.67. The average molecular weight is 290 g/mol. The second-order valence-corrected chi connectivity index (χ2v) is 6.76. The maximum Gasteiger partial charge on any atom is 0.245 e. The Labute approximate surface area is 112 Å². The zero-order chi connectivity index (χ0) is 14.0. The summed E-state index contributed by atoms with van der Waals surface area (Å²) in [6, 6.07) is -0.802. The molecule has 8 heteroatoms. The lowest BCUT2D eigenvalue weighted by atomic mass is 10.2. The van der Waals surface area contributed by atoms with Crippen molar-refractivity contribution in [1.82, 2.24) is 9.62 Å². The lowest BCUT2D eigenvalue weighted by Gasteiger charge is -2.32.